The number of hydrogen-bond donors (Lipinski definition) is 2. The lowest BCUT2D eigenvalue weighted by molar-refractivity contribution is 0.234. The quantitative estimate of drug-likeness (QED) is 0.789. The third-order valence-electron chi connectivity index (χ3n) is 1.34. The summed E-state index contributed by atoms with van der Waals surface area (Å²) in [5.74, 6) is 0.644. The molecule has 0 radical (unpaired) electrons. The maximum Gasteiger partial charge on any atom is 0.342 e. The van der Waals surface area contributed by atoms with Crippen LogP contribution in [0.4, 0.5) is 5.82 Å². The van der Waals surface area contributed by atoms with Gasteiger partial charge in [-0.15, -0.1) is 0 Å². The van der Waals surface area contributed by atoms with Crippen molar-refractivity contribution in [3.8, 4) is 0 Å². The molecule has 1 rings (SSSR count). The largest absolute Gasteiger partial charge is 0.360 e. The Morgan fingerprint density at radius 2 is 2.46 bits per heavy atom. The molecule has 4 nitrogen and oxygen atoms in total. The number of anilines is 1. The Morgan fingerprint density at radius 3 is 3.00 bits per heavy atom. The minimum Gasteiger partial charge on any atom is -0.360 e. The Labute approximate surface area is 84.6 Å². The van der Waals surface area contributed by atoms with E-state index < -0.39 is 6.23 Å². The summed E-state index contributed by atoms with van der Waals surface area (Å²) < 4.78 is 0.892. The van der Waals surface area contributed by atoms with E-state index in [9.17, 15) is 0 Å². The van der Waals surface area contributed by atoms with Gasteiger partial charge in [0.2, 0.25) is 0 Å². The first kappa shape index (κ1) is 9.96. The first-order valence-corrected chi connectivity index (χ1v) is 4.41. The molecule has 1 aromatic rings. The van der Waals surface area contributed by atoms with Gasteiger partial charge in [-0.3, -0.25) is 4.85 Å². The Hall–Kier alpha value is -1.12. The standard InChI is InChI=1S/C8H8BrN3O/c1-10-8(13)5-12-7-3-2-6(9)4-11-7/h2-4,8,13H,5H2,(H,11,12). The van der Waals surface area contributed by atoms with Crippen molar-refractivity contribution in [2.45, 2.75) is 6.23 Å². The molecule has 0 aliphatic carbocycles. The van der Waals surface area contributed by atoms with E-state index in [4.69, 9.17) is 11.7 Å². The molecule has 68 valence electrons. The molecule has 0 fully saturated rings. The highest BCUT2D eigenvalue weighted by Crippen LogP contribution is 2.10. The molecule has 0 saturated carbocycles. The van der Waals surface area contributed by atoms with Crippen LogP contribution in [0, 0.1) is 6.57 Å². The highest BCUT2D eigenvalue weighted by atomic mass is 79.9. The van der Waals surface area contributed by atoms with Gasteiger partial charge in [0.15, 0.2) is 0 Å². The van der Waals surface area contributed by atoms with Crippen molar-refractivity contribution in [2.24, 2.45) is 0 Å². The molecule has 0 aliphatic rings. The van der Waals surface area contributed by atoms with Crippen molar-refractivity contribution in [2.75, 3.05) is 11.9 Å². The molecule has 0 spiro atoms. The van der Waals surface area contributed by atoms with Gasteiger partial charge in [-0.2, -0.15) is 0 Å². The summed E-state index contributed by atoms with van der Waals surface area (Å²) >= 11 is 3.25. The highest BCUT2D eigenvalue weighted by Gasteiger charge is 2.04. The number of nitrogens with zero attached hydrogens (tertiary/aromatic N) is 2. The van der Waals surface area contributed by atoms with Gasteiger partial charge in [0.25, 0.3) is 0 Å². The molecule has 0 aromatic carbocycles. The topological polar surface area (TPSA) is 49.5 Å². The molecular weight excluding hydrogens is 234 g/mol. The smallest absolute Gasteiger partial charge is 0.342 e. The van der Waals surface area contributed by atoms with E-state index >= 15 is 0 Å². The van der Waals surface area contributed by atoms with E-state index in [2.05, 4.69) is 31.1 Å². The molecule has 0 bridgehead atoms. The second-order valence-corrected chi connectivity index (χ2v) is 3.27. The predicted molar refractivity (Wildman–Crippen MR) is 53.0 cm³/mol. The molecule has 1 aromatic heterocycles. The van der Waals surface area contributed by atoms with Crippen LogP contribution in [0.25, 0.3) is 4.85 Å². The van der Waals surface area contributed by atoms with Crippen LogP contribution in [0.15, 0.2) is 22.8 Å². The van der Waals surface area contributed by atoms with Gasteiger partial charge in [0.05, 0.1) is 0 Å². The van der Waals surface area contributed by atoms with Crippen molar-refractivity contribution in [3.63, 3.8) is 0 Å². The zero-order chi connectivity index (χ0) is 9.68. The van der Waals surface area contributed by atoms with Gasteiger partial charge in [-0.25, -0.2) is 11.6 Å². The summed E-state index contributed by atoms with van der Waals surface area (Å²) in [7, 11) is 0. The Balaban J connectivity index is 2.47. The van der Waals surface area contributed by atoms with Gasteiger partial charge in [0, 0.05) is 10.7 Å². The van der Waals surface area contributed by atoms with Gasteiger partial charge in [0.1, 0.15) is 12.4 Å². The second kappa shape index (κ2) is 4.80. The molecule has 0 aliphatic heterocycles. The lowest BCUT2D eigenvalue weighted by Crippen LogP contribution is -2.15. The van der Waals surface area contributed by atoms with Crippen LogP contribution in [0.3, 0.4) is 0 Å². The molecule has 2 N–H and O–H groups in total. The number of halogens is 1. The summed E-state index contributed by atoms with van der Waals surface area (Å²) in [6.07, 6.45) is 0.637. The predicted octanol–water partition coefficient (Wildman–Crippen LogP) is 1.49. The van der Waals surface area contributed by atoms with Crippen LogP contribution >= 0.6 is 15.9 Å². The fourth-order valence-electron chi connectivity index (χ4n) is 0.722. The minimum atomic E-state index is -1.01. The average Bonchev–Trinajstić information content (AvgIpc) is 2.16. The van der Waals surface area contributed by atoms with Crippen molar-refractivity contribution in [1.82, 2.24) is 4.98 Å². The van der Waals surface area contributed by atoms with Crippen LogP contribution in [-0.4, -0.2) is 22.9 Å². The van der Waals surface area contributed by atoms with E-state index in [0.29, 0.717) is 5.82 Å². The van der Waals surface area contributed by atoms with Crippen molar-refractivity contribution < 1.29 is 5.11 Å². The molecule has 1 atom stereocenters. The van der Waals surface area contributed by atoms with E-state index in [1.807, 2.05) is 6.07 Å². The van der Waals surface area contributed by atoms with Crippen LogP contribution in [0.2, 0.25) is 0 Å². The number of pyridine rings is 1. The number of aliphatic hydroxyl groups excluding tert-OH is 1. The zero-order valence-electron chi connectivity index (χ0n) is 6.74. The normalized spacial score (nSPS) is 11.8. The molecular formula is C8H8BrN3O. The summed E-state index contributed by atoms with van der Waals surface area (Å²) in [5, 5.41) is 11.7. The number of rotatable bonds is 3. The number of nitrogens with one attached hydrogen (secondary N) is 1. The SMILES string of the molecule is [C-]#[N+]C(O)CNc1ccc(Br)cn1. The van der Waals surface area contributed by atoms with E-state index in [0.717, 1.165) is 4.47 Å². The number of aliphatic hydroxyl groups is 1. The summed E-state index contributed by atoms with van der Waals surface area (Å²) in [6.45, 7) is 6.71. The minimum absolute atomic E-state index is 0.193. The Kier molecular flexibility index (Phi) is 3.68. The van der Waals surface area contributed by atoms with Crippen LogP contribution in [-0.2, 0) is 0 Å². The first-order chi connectivity index (χ1) is 6.22. The molecule has 5 heteroatoms. The number of aromatic nitrogens is 1. The van der Waals surface area contributed by atoms with Gasteiger partial charge >= 0.3 is 6.23 Å². The molecule has 0 saturated heterocycles. The van der Waals surface area contributed by atoms with Gasteiger partial charge in [-0.1, -0.05) is 0 Å². The zero-order valence-corrected chi connectivity index (χ0v) is 8.32. The van der Waals surface area contributed by atoms with Crippen molar-refractivity contribution in [3.05, 3.63) is 34.2 Å². The summed E-state index contributed by atoms with van der Waals surface area (Å²) in [4.78, 5) is 6.94. The summed E-state index contributed by atoms with van der Waals surface area (Å²) in [5.41, 5.74) is 0. The Morgan fingerprint density at radius 1 is 1.69 bits per heavy atom. The second-order valence-electron chi connectivity index (χ2n) is 2.35. The molecule has 13 heavy (non-hydrogen) atoms. The van der Waals surface area contributed by atoms with Gasteiger partial charge in [-0.05, 0) is 28.1 Å². The molecule has 0 amide bonds. The van der Waals surface area contributed by atoms with Crippen LogP contribution in [0.5, 0.6) is 0 Å². The highest BCUT2D eigenvalue weighted by molar-refractivity contribution is 9.10. The fourth-order valence-corrected chi connectivity index (χ4v) is 0.956. The fraction of sp³-hybridized carbons (Fsp3) is 0.250. The average molecular weight is 242 g/mol. The van der Waals surface area contributed by atoms with Crippen molar-refractivity contribution in [1.29, 1.82) is 0 Å². The van der Waals surface area contributed by atoms with E-state index in [1.54, 1.807) is 12.3 Å². The van der Waals surface area contributed by atoms with Crippen molar-refractivity contribution >= 4 is 21.7 Å². The molecule has 1 heterocycles. The van der Waals surface area contributed by atoms with E-state index in [-0.39, 0.29) is 6.54 Å². The maximum absolute atomic E-state index is 8.92. The van der Waals surface area contributed by atoms with Crippen LogP contribution < -0.4 is 5.32 Å². The summed E-state index contributed by atoms with van der Waals surface area (Å²) in [6, 6.07) is 3.60. The van der Waals surface area contributed by atoms with Gasteiger partial charge < -0.3 is 10.4 Å². The number of hydrogen-bond acceptors (Lipinski definition) is 3. The monoisotopic (exact) mass is 241 g/mol. The first-order valence-electron chi connectivity index (χ1n) is 3.62. The lowest BCUT2D eigenvalue weighted by Gasteiger charge is -2.02. The Bertz CT molecular complexity index is 306. The van der Waals surface area contributed by atoms with E-state index in [1.165, 1.54) is 0 Å². The third kappa shape index (κ3) is 3.40. The lowest BCUT2D eigenvalue weighted by atomic mass is 10.4. The van der Waals surface area contributed by atoms with Crippen LogP contribution in [0.1, 0.15) is 0 Å². The maximum atomic E-state index is 8.92. The third-order valence-corrected chi connectivity index (χ3v) is 1.81. The molecule has 1 unspecified atom stereocenters.